The maximum Gasteiger partial charge on any atom is 0.413 e. The van der Waals surface area contributed by atoms with Crippen LogP contribution in [0.3, 0.4) is 0 Å². The number of nitrogens with one attached hydrogen (secondary N) is 2. The van der Waals surface area contributed by atoms with Crippen molar-refractivity contribution in [1.29, 1.82) is 0 Å². The fraction of sp³-hybridized carbons (Fsp3) is 0.533. The predicted octanol–water partition coefficient (Wildman–Crippen LogP) is -1.88. The zero-order chi connectivity index (χ0) is 20.3. The Balaban J connectivity index is 1.68. The Hall–Kier alpha value is -2.87. The van der Waals surface area contributed by atoms with Crippen molar-refractivity contribution in [3.63, 3.8) is 0 Å². The van der Waals surface area contributed by atoms with E-state index in [4.69, 9.17) is 9.47 Å². The Morgan fingerprint density at radius 1 is 1.29 bits per heavy atom. The summed E-state index contributed by atoms with van der Waals surface area (Å²) in [7, 11) is 0. The highest BCUT2D eigenvalue weighted by Gasteiger charge is 2.44. The third kappa shape index (κ3) is 4.01. The Labute approximate surface area is 158 Å². The lowest BCUT2D eigenvalue weighted by Crippen LogP contribution is -2.33. The molecular formula is C15H20N6O7. The Kier molecular flexibility index (Phi) is 5.99. The second-order valence-corrected chi connectivity index (χ2v) is 6.02. The largest absolute Gasteiger partial charge is 0.447 e. The van der Waals surface area contributed by atoms with Gasteiger partial charge in [-0.2, -0.15) is 0 Å². The minimum atomic E-state index is -1.27. The minimum absolute atomic E-state index is 0.0276. The van der Waals surface area contributed by atoms with Crippen molar-refractivity contribution in [1.82, 2.24) is 24.8 Å². The van der Waals surface area contributed by atoms with Crippen LogP contribution < -0.4 is 10.6 Å². The number of imide groups is 1. The summed E-state index contributed by atoms with van der Waals surface area (Å²) in [6.45, 7) is 0.916. The molecule has 0 aromatic carbocycles. The van der Waals surface area contributed by atoms with Crippen LogP contribution >= 0.6 is 0 Å². The third-order valence-corrected chi connectivity index (χ3v) is 4.06. The molecular weight excluding hydrogens is 376 g/mol. The van der Waals surface area contributed by atoms with Gasteiger partial charge in [0.2, 0.25) is 5.91 Å². The summed E-state index contributed by atoms with van der Waals surface area (Å²) in [5.74, 6) is -0.169. The van der Waals surface area contributed by atoms with E-state index in [9.17, 15) is 24.9 Å². The molecule has 2 amide bonds. The predicted molar refractivity (Wildman–Crippen MR) is 92.0 cm³/mol. The number of aliphatic hydroxyl groups excluding tert-OH is 3. The average Bonchev–Trinajstić information content (AvgIpc) is 3.20. The first-order valence-electron chi connectivity index (χ1n) is 8.40. The van der Waals surface area contributed by atoms with E-state index in [0.29, 0.717) is 17.0 Å². The molecule has 3 rings (SSSR count). The molecule has 2 aromatic rings. The van der Waals surface area contributed by atoms with Gasteiger partial charge >= 0.3 is 6.09 Å². The molecule has 1 aliphatic heterocycles. The van der Waals surface area contributed by atoms with Crippen molar-refractivity contribution in [2.75, 3.05) is 25.1 Å². The Morgan fingerprint density at radius 2 is 2.07 bits per heavy atom. The van der Waals surface area contributed by atoms with Gasteiger partial charge in [0.25, 0.3) is 0 Å². The van der Waals surface area contributed by atoms with E-state index in [1.165, 1.54) is 24.1 Å². The normalized spacial score (nSPS) is 24.3. The first kappa shape index (κ1) is 19.9. The molecule has 1 fully saturated rings. The van der Waals surface area contributed by atoms with Crippen LogP contribution in [0, 0.1) is 0 Å². The highest BCUT2D eigenvalue weighted by molar-refractivity contribution is 5.90. The number of aromatic nitrogens is 4. The molecule has 5 N–H and O–H groups in total. The number of fused-ring (bicyclic) bond motifs is 1. The summed E-state index contributed by atoms with van der Waals surface area (Å²) < 4.78 is 11.7. The molecule has 0 unspecified atom stereocenters. The number of ether oxygens (including phenoxy) is 2. The summed E-state index contributed by atoms with van der Waals surface area (Å²) in [4.78, 5) is 34.4. The minimum Gasteiger partial charge on any atom is -0.447 e. The van der Waals surface area contributed by atoms with Gasteiger partial charge < -0.3 is 30.1 Å². The van der Waals surface area contributed by atoms with Crippen molar-refractivity contribution >= 4 is 29.0 Å². The number of amides is 2. The number of anilines is 1. The van der Waals surface area contributed by atoms with Gasteiger partial charge in [-0.25, -0.2) is 19.7 Å². The zero-order valence-electron chi connectivity index (χ0n) is 14.8. The molecule has 152 valence electrons. The summed E-state index contributed by atoms with van der Waals surface area (Å²) in [6.07, 6.45) is -2.61. The van der Waals surface area contributed by atoms with E-state index < -0.39 is 43.1 Å². The number of hydrogen-bond donors (Lipinski definition) is 5. The number of rotatable bonds is 6. The van der Waals surface area contributed by atoms with E-state index >= 15 is 0 Å². The fourth-order valence-electron chi connectivity index (χ4n) is 2.77. The molecule has 0 spiro atoms. The van der Waals surface area contributed by atoms with Gasteiger partial charge in [0.15, 0.2) is 23.2 Å². The van der Waals surface area contributed by atoms with Crippen LogP contribution in [0.25, 0.3) is 11.2 Å². The number of imidazole rings is 1. The smallest absolute Gasteiger partial charge is 0.413 e. The topological polar surface area (TPSA) is 181 Å². The monoisotopic (exact) mass is 396 g/mol. The van der Waals surface area contributed by atoms with Gasteiger partial charge in [0, 0.05) is 6.92 Å². The van der Waals surface area contributed by atoms with Crippen LogP contribution in [0.15, 0.2) is 12.7 Å². The van der Waals surface area contributed by atoms with Crippen molar-refractivity contribution in [2.24, 2.45) is 0 Å². The van der Waals surface area contributed by atoms with Gasteiger partial charge in [0.1, 0.15) is 31.2 Å². The molecule has 28 heavy (non-hydrogen) atoms. The number of aliphatic hydroxyl groups is 3. The lowest BCUT2D eigenvalue weighted by Gasteiger charge is -2.16. The van der Waals surface area contributed by atoms with Crippen molar-refractivity contribution in [3.05, 3.63) is 12.7 Å². The second kappa shape index (κ2) is 8.43. The molecule has 2 aromatic heterocycles. The van der Waals surface area contributed by atoms with E-state index in [1.54, 1.807) is 0 Å². The highest BCUT2D eigenvalue weighted by Crippen LogP contribution is 2.31. The number of nitrogens with zero attached hydrogens (tertiary/aromatic N) is 4. The summed E-state index contributed by atoms with van der Waals surface area (Å²) in [5.41, 5.74) is 0.705. The summed E-state index contributed by atoms with van der Waals surface area (Å²) >= 11 is 0. The first-order valence-corrected chi connectivity index (χ1v) is 8.40. The number of carbonyl (C=O) groups is 2. The quantitative estimate of drug-likeness (QED) is 0.345. The molecule has 1 saturated heterocycles. The van der Waals surface area contributed by atoms with E-state index in [2.05, 4.69) is 20.3 Å². The van der Waals surface area contributed by atoms with E-state index in [-0.39, 0.29) is 13.2 Å². The van der Waals surface area contributed by atoms with E-state index in [1.807, 2.05) is 5.32 Å². The van der Waals surface area contributed by atoms with Gasteiger partial charge in [0.05, 0.1) is 19.5 Å². The molecule has 13 heteroatoms. The van der Waals surface area contributed by atoms with Gasteiger partial charge in [-0.1, -0.05) is 0 Å². The van der Waals surface area contributed by atoms with Gasteiger partial charge in [-0.15, -0.1) is 0 Å². The van der Waals surface area contributed by atoms with Crippen LogP contribution in [0.1, 0.15) is 13.2 Å². The summed E-state index contributed by atoms with van der Waals surface area (Å²) in [6, 6.07) is 0. The molecule has 3 heterocycles. The lowest BCUT2D eigenvalue weighted by atomic mass is 10.1. The average molecular weight is 396 g/mol. The number of carbonyl (C=O) groups excluding carboxylic acids is 2. The molecule has 13 nitrogen and oxygen atoms in total. The lowest BCUT2D eigenvalue weighted by molar-refractivity contribution is -0.118. The van der Waals surface area contributed by atoms with Gasteiger partial charge in [-0.3, -0.25) is 14.7 Å². The second-order valence-electron chi connectivity index (χ2n) is 6.02. The molecule has 0 aliphatic carbocycles. The maximum absolute atomic E-state index is 11.2. The Morgan fingerprint density at radius 3 is 2.75 bits per heavy atom. The molecule has 0 bridgehead atoms. The van der Waals surface area contributed by atoms with Gasteiger partial charge in [-0.05, 0) is 0 Å². The van der Waals surface area contributed by atoms with Crippen LogP contribution in [0.2, 0.25) is 0 Å². The molecule has 0 radical (unpaired) electrons. The molecule has 1 aliphatic rings. The SMILES string of the molecule is CC(=O)NC(=O)OCCNc1ncnc2c1ncn2[C@@H]1O[C@H](CO)[C@H](O)[C@@H]1O. The van der Waals surface area contributed by atoms with Crippen LogP contribution in [-0.2, 0) is 14.3 Å². The molecule has 0 saturated carbocycles. The number of hydrogen-bond acceptors (Lipinski definition) is 11. The standard InChI is InChI=1S/C15H20N6O7/c1-7(23)20-15(26)27-3-2-16-12-9-13(18-5-17-12)21(6-19-9)14-11(25)10(24)8(4-22)28-14/h5-6,8,10-11,14,22,24-25H,2-4H2,1H3,(H,16,17,18)(H,20,23,26)/t8-,10+,11+,14-/m1/s1. The zero-order valence-corrected chi connectivity index (χ0v) is 14.8. The first-order chi connectivity index (χ1) is 13.4. The highest BCUT2D eigenvalue weighted by atomic mass is 16.6. The third-order valence-electron chi connectivity index (χ3n) is 4.06. The van der Waals surface area contributed by atoms with Crippen LogP contribution in [0.4, 0.5) is 10.6 Å². The van der Waals surface area contributed by atoms with Crippen LogP contribution in [0.5, 0.6) is 0 Å². The van der Waals surface area contributed by atoms with E-state index in [0.717, 1.165) is 0 Å². The maximum atomic E-state index is 11.2. The molecule has 4 atom stereocenters. The number of alkyl carbamates (subject to hydrolysis) is 1. The summed E-state index contributed by atoms with van der Waals surface area (Å²) in [5, 5.41) is 34.2. The van der Waals surface area contributed by atoms with Crippen molar-refractivity contribution in [3.8, 4) is 0 Å². The fourth-order valence-corrected chi connectivity index (χ4v) is 2.77. The Bertz CT molecular complexity index is 859. The van der Waals surface area contributed by atoms with Crippen molar-refractivity contribution in [2.45, 2.75) is 31.5 Å². The van der Waals surface area contributed by atoms with Crippen molar-refractivity contribution < 1.29 is 34.4 Å². The van der Waals surface area contributed by atoms with Crippen LogP contribution in [-0.4, -0.2) is 84.9 Å².